The van der Waals surface area contributed by atoms with E-state index in [1.807, 2.05) is 42.5 Å². The molecule has 0 fully saturated rings. The SMILES string of the molecule is N[C@@H](Cc1ccccc1)c1nc(-c2ncccc2Br)no1. The maximum Gasteiger partial charge on any atom is 0.244 e. The molecule has 21 heavy (non-hydrogen) atoms. The van der Waals surface area contributed by atoms with Gasteiger partial charge in [0.25, 0.3) is 0 Å². The molecule has 0 bridgehead atoms. The minimum absolute atomic E-state index is 0.337. The molecule has 0 saturated carbocycles. The van der Waals surface area contributed by atoms with E-state index >= 15 is 0 Å². The highest BCUT2D eigenvalue weighted by atomic mass is 79.9. The number of nitrogens with zero attached hydrogens (tertiary/aromatic N) is 3. The Morgan fingerprint density at radius 2 is 1.95 bits per heavy atom. The first-order chi connectivity index (χ1) is 10.2. The van der Waals surface area contributed by atoms with Crippen molar-refractivity contribution in [1.82, 2.24) is 15.1 Å². The number of hydrogen-bond acceptors (Lipinski definition) is 5. The summed E-state index contributed by atoms with van der Waals surface area (Å²) in [5.74, 6) is 0.840. The molecule has 0 aliphatic heterocycles. The number of benzene rings is 1. The lowest BCUT2D eigenvalue weighted by atomic mass is 10.1. The van der Waals surface area contributed by atoms with Crippen molar-refractivity contribution in [2.45, 2.75) is 12.5 Å². The summed E-state index contributed by atoms with van der Waals surface area (Å²) in [6.45, 7) is 0. The summed E-state index contributed by atoms with van der Waals surface area (Å²) in [7, 11) is 0. The van der Waals surface area contributed by atoms with Crippen molar-refractivity contribution >= 4 is 15.9 Å². The van der Waals surface area contributed by atoms with Crippen molar-refractivity contribution < 1.29 is 4.52 Å². The van der Waals surface area contributed by atoms with Gasteiger partial charge in [0.15, 0.2) is 0 Å². The molecular weight excluding hydrogens is 332 g/mol. The van der Waals surface area contributed by atoms with E-state index in [1.165, 1.54) is 0 Å². The zero-order chi connectivity index (χ0) is 14.7. The summed E-state index contributed by atoms with van der Waals surface area (Å²) < 4.78 is 6.07. The molecule has 0 aliphatic rings. The van der Waals surface area contributed by atoms with Crippen LogP contribution in [0.2, 0.25) is 0 Å². The zero-order valence-electron chi connectivity index (χ0n) is 11.1. The van der Waals surface area contributed by atoms with Gasteiger partial charge in [-0.15, -0.1) is 0 Å². The Kier molecular flexibility index (Phi) is 4.08. The number of aromatic nitrogens is 3. The van der Waals surface area contributed by atoms with E-state index in [9.17, 15) is 0 Å². The summed E-state index contributed by atoms with van der Waals surface area (Å²) in [4.78, 5) is 8.57. The number of hydrogen-bond donors (Lipinski definition) is 1. The molecule has 1 atom stereocenters. The van der Waals surface area contributed by atoms with Gasteiger partial charge in [-0.2, -0.15) is 4.98 Å². The number of rotatable bonds is 4. The Bertz CT molecular complexity index is 729. The van der Waals surface area contributed by atoms with Crippen LogP contribution in [0.3, 0.4) is 0 Å². The summed E-state index contributed by atoms with van der Waals surface area (Å²) in [5.41, 5.74) is 7.89. The van der Waals surface area contributed by atoms with Crippen LogP contribution in [0.15, 0.2) is 57.7 Å². The lowest BCUT2D eigenvalue weighted by Crippen LogP contribution is -2.13. The molecule has 3 rings (SSSR count). The summed E-state index contributed by atoms with van der Waals surface area (Å²) >= 11 is 3.42. The van der Waals surface area contributed by atoms with E-state index in [2.05, 4.69) is 31.1 Å². The lowest BCUT2D eigenvalue weighted by Gasteiger charge is -2.05. The van der Waals surface area contributed by atoms with Crippen LogP contribution in [-0.2, 0) is 6.42 Å². The van der Waals surface area contributed by atoms with Crippen LogP contribution >= 0.6 is 15.9 Å². The van der Waals surface area contributed by atoms with Crippen LogP contribution in [0.4, 0.5) is 0 Å². The van der Waals surface area contributed by atoms with Gasteiger partial charge in [-0.1, -0.05) is 35.5 Å². The van der Waals surface area contributed by atoms with Gasteiger partial charge in [0, 0.05) is 10.7 Å². The highest BCUT2D eigenvalue weighted by Crippen LogP contribution is 2.24. The number of nitrogens with two attached hydrogens (primary N) is 1. The van der Waals surface area contributed by atoms with Gasteiger partial charge in [-0.25, -0.2) is 0 Å². The first-order valence-corrected chi connectivity index (χ1v) is 7.27. The van der Waals surface area contributed by atoms with Crippen LogP contribution in [-0.4, -0.2) is 15.1 Å². The van der Waals surface area contributed by atoms with E-state index in [0.29, 0.717) is 23.8 Å². The smallest absolute Gasteiger partial charge is 0.244 e. The Labute approximate surface area is 130 Å². The summed E-state index contributed by atoms with van der Waals surface area (Å²) in [5, 5.41) is 3.95. The third-order valence-corrected chi connectivity index (χ3v) is 3.67. The van der Waals surface area contributed by atoms with Crippen molar-refractivity contribution in [3.8, 4) is 11.5 Å². The minimum atomic E-state index is -0.337. The predicted molar refractivity (Wildman–Crippen MR) is 82.3 cm³/mol. The Morgan fingerprint density at radius 3 is 2.71 bits per heavy atom. The van der Waals surface area contributed by atoms with E-state index < -0.39 is 0 Å². The first-order valence-electron chi connectivity index (χ1n) is 6.48. The number of pyridine rings is 1. The molecule has 0 aliphatic carbocycles. The highest BCUT2D eigenvalue weighted by Gasteiger charge is 2.18. The van der Waals surface area contributed by atoms with E-state index in [4.69, 9.17) is 10.3 Å². The molecule has 0 saturated heterocycles. The van der Waals surface area contributed by atoms with Gasteiger partial charge in [-0.05, 0) is 40.0 Å². The molecule has 1 aromatic carbocycles. The molecule has 6 heteroatoms. The molecule has 5 nitrogen and oxygen atoms in total. The van der Waals surface area contributed by atoms with Gasteiger partial charge in [0.2, 0.25) is 11.7 Å². The minimum Gasteiger partial charge on any atom is -0.337 e. The Hall–Kier alpha value is -2.05. The standard InChI is InChI=1S/C15H13BrN4O/c16-11-7-4-8-18-13(11)14-19-15(21-20-14)12(17)9-10-5-2-1-3-6-10/h1-8,12H,9,17H2/t12-/m0/s1. The quantitative estimate of drug-likeness (QED) is 0.786. The van der Waals surface area contributed by atoms with E-state index in [0.717, 1.165) is 10.0 Å². The van der Waals surface area contributed by atoms with Crippen LogP contribution in [0, 0.1) is 0 Å². The molecule has 2 N–H and O–H groups in total. The summed E-state index contributed by atoms with van der Waals surface area (Å²) in [6, 6.07) is 13.3. The fourth-order valence-corrected chi connectivity index (χ4v) is 2.42. The van der Waals surface area contributed by atoms with Crippen molar-refractivity contribution in [3.05, 3.63) is 64.6 Å². The molecule has 0 radical (unpaired) electrons. The topological polar surface area (TPSA) is 77.8 Å². The molecule has 0 amide bonds. The zero-order valence-corrected chi connectivity index (χ0v) is 12.7. The molecule has 2 aromatic heterocycles. The average molecular weight is 345 g/mol. The second-order valence-electron chi connectivity index (χ2n) is 4.59. The second kappa shape index (κ2) is 6.15. The van der Waals surface area contributed by atoms with Crippen LogP contribution in [0.1, 0.15) is 17.5 Å². The lowest BCUT2D eigenvalue weighted by molar-refractivity contribution is 0.354. The third kappa shape index (κ3) is 3.17. The summed E-state index contributed by atoms with van der Waals surface area (Å²) in [6.07, 6.45) is 2.33. The Balaban J connectivity index is 1.80. The maximum absolute atomic E-state index is 6.13. The van der Waals surface area contributed by atoms with E-state index in [-0.39, 0.29) is 6.04 Å². The molecule has 0 unspecified atom stereocenters. The molecular formula is C15H13BrN4O. The first kappa shape index (κ1) is 13.9. The number of halogens is 1. The predicted octanol–water partition coefficient (Wildman–Crippen LogP) is 3.14. The van der Waals surface area contributed by atoms with Crippen molar-refractivity contribution in [2.24, 2.45) is 5.73 Å². The van der Waals surface area contributed by atoms with Gasteiger partial charge in [0.1, 0.15) is 5.69 Å². The fourth-order valence-electron chi connectivity index (χ4n) is 1.99. The molecule has 106 valence electrons. The van der Waals surface area contributed by atoms with Crippen LogP contribution in [0.25, 0.3) is 11.5 Å². The van der Waals surface area contributed by atoms with Crippen LogP contribution < -0.4 is 5.73 Å². The van der Waals surface area contributed by atoms with Gasteiger partial charge in [-0.3, -0.25) is 4.98 Å². The third-order valence-electron chi connectivity index (χ3n) is 3.03. The molecule has 2 heterocycles. The second-order valence-corrected chi connectivity index (χ2v) is 5.44. The van der Waals surface area contributed by atoms with Crippen molar-refractivity contribution in [3.63, 3.8) is 0 Å². The average Bonchev–Trinajstić information content (AvgIpc) is 2.98. The molecule has 3 aromatic rings. The molecule has 0 spiro atoms. The van der Waals surface area contributed by atoms with Gasteiger partial charge >= 0.3 is 0 Å². The Morgan fingerprint density at radius 1 is 1.14 bits per heavy atom. The largest absolute Gasteiger partial charge is 0.337 e. The van der Waals surface area contributed by atoms with Gasteiger partial charge < -0.3 is 10.3 Å². The fraction of sp³-hybridized carbons (Fsp3) is 0.133. The normalized spacial score (nSPS) is 12.3. The van der Waals surface area contributed by atoms with Gasteiger partial charge in [0.05, 0.1) is 6.04 Å². The van der Waals surface area contributed by atoms with E-state index in [1.54, 1.807) is 6.20 Å². The van der Waals surface area contributed by atoms with Crippen LogP contribution in [0.5, 0.6) is 0 Å². The highest BCUT2D eigenvalue weighted by molar-refractivity contribution is 9.10. The monoisotopic (exact) mass is 344 g/mol. The maximum atomic E-state index is 6.13. The van der Waals surface area contributed by atoms with Crippen molar-refractivity contribution in [1.29, 1.82) is 0 Å². The van der Waals surface area contributed by atoms with Crippen molar-refractivity contribution in [2.75, 3.05) is 0 Å².